The number of rotatable bonds is 3. The average Bonchev–Trinajstić information content (AvgIpc) is 2.46. The highest BCUT2D eigenvalue weighted by Crippen LogP contribution is 2.29. The van der Waals surface area contributed by atoms with Crippen molar-refractivity contribution in [2.24, 2.45) is 0 Å². The average molecular weight is 377 g/mol. The summed E-state index contributed by atoms with van der Waals surface area (Å²) >= 11 is 5.73. The molecule has 1 atom stereocenters. The minimum absolute atomic E-state index is 0.117. The van der Waals surface area contributed by atoms with Gasteiger partial charge in [0.1, 0.15) is 0 Å². The molecule has 0 heterocycles. The van der Waals surface area contributed by atoms with Crippen LogP contribution < -0.4 is 10.0 Å². The van der Waals surface area contributed by atoms with Crippen LogP contribution in [0.3, 0.4) is 0 Å². The Morgan fingerprint density at radius 3 is 2.08 bits per heavy atom. The zero-order valence-corrected chi connectivity index (χ0v) is 13.6. The van der Waals surface area contributed by atoms with E-state index in [0.717, 1.165) is 24.3 Å². The third-order valence-corrected chi connectivity index (χ3v) is 4.72. The van der Waals surface area contributed by atoms with Crippen LogP contribution in [0.25, 0.3) is 0 Å². The largest absolute Gasteiger partial charge is 0.416 e. The maximum absolute atomic E-state index is 12.5. The Balaban J connectivity index is 2.06. The fourth-order valence-electron chi connectivity index (χ4n) is 1.76. The van der Waals surface area contributed by atoms with E-state index in [1.165, 1.54) is 24.3 Å². The Bertz CT molecular complexity index is 833. The van der Waals surface area contributed by atoms with Gasteiger partial charge in [0.2, 0.25) is 0 Å². The molecule has 2 aromatic carbocycles. The van der Waals surface area contributed by atoms with Crippen LogP contribution in [0.15, 0.2) is 53.4 Å². The zero-order valence-electron chi connectivity index (χ0n) is 12.1. The first kappa shape index (κ1) is 18.2. The summed E-state index contributed by atoms with van der Waals surface area (Å²) in [5, 5.41) is 2.73. The molecule has 0 saturated heterocycles. The summed E-state index contributed by atoms with van der Waals surface area (Å²) in [6.07, 6.45) is -4.46. The van der Waals surface area contributed by atoms with Crippen molar-refractivity contribution in [2.45, 2.75) is 11.1 Å². The molecule has 24 heavy (non-hydrogen) atoms. The van der Waals surface area contributed by atoms with Gasteiger partial charge in [-0.1, -0.05) is 11.6 Å². The molecule has 128 valence electrons. The molecule has 0 aliphatic rings. The van der Waals surface area contributed by atoms with E-state index in [9.17, 15) is 22.2 Å². The van der Waals surface area contributed by atoms with Crippen molar-refractivity contribution in [1.29, 1.82) is 0 Å². The van der Waals surface area contributed by atoms with Gasteiger partial charge in [-0.05, 0) is 54.4 Å². The second-order valence-electron chi connectivity index (χ2n) is 4.76. The van der Waals surface area contributed by atoms with Crippen LogP contribution in [0.1, 0.15) is 5.56 Å². The molecule has 9 heteroatoms. The number of urea groups is 1. The van der Waals surface area contributed by atoms with Crippen LogP contribution in [-0.4, -0.2) is 16.1 Å². The lowest BCUT2D eigenvalue weighted by Crippen LogP contribution is -2.34. The van der Waals surface area contributed by atoms with Crippen LogP contribution in [0.5, 0.6) is 0 Å². The van der Waals surface area contributed by atoms with E-state index < -0.39 is 27.5 Å². The summed E-state index contributed by atoms with van der Waals surface area (Å²) in [6, 6.07) is 8.89. The van der Waals surface area contributed by atoms with Gasteiger partial charge in [-0.2, -0.15) is 13.2 Å². The molecule has 0 spiro atoms. The smallest absolute Gasteiger partial charge is 0.307 e. The van der Waals surface area contributed by atoms with Crippen molar-refractivity contribution in [3.63, 3.8) is 0 Å². The van der Waals surface area contributed by atoms with Crippen molar-refractivity contribution in [3.05, 3.63) is 59.1 Å². The Hall–Kier alpha value is -2.19. The topological polar surface area (TPSA) is 58.2 Å². The summed E-state index contributed by atoms with van der Waals surface area (Å²) in [7, 11) is -3.13. The molecule has 1 unspecified atom stereocenters. The standard InChI is InChI=1S/C15H12ClF3N2O2S/c1-24(23,13-8-4-11(16)5-9-13)21-14(22)20-12-6-2-10(3-7-12)15(17,18)19/h2-9H,1H2,(H2,20,21,22,23). The quantitative estimate of drug-likeness (QED) is 0.790. The van der Waals surface area contributed by atoms with E-state index in [1.54, 1.807) is 0 Å². The fraction of sp³-hybridized carbons (Fsp3) is 0.0667. The van der Waals surface area contributed by atoms with Crippen LogP contribution in [0.2, 0.25) is 5.02 Å². The van der Waals surface area contributed by atoms with Gasteiger partial charge >= 0.3 is 12.2 Å². The lowest BCUT2D eigenvalue weighted by Gasteiger charge is -2.13. The molecule has 0 bridgehead atoms. The molecule has 2 rings (SSSR count). The monoisotopic (exact) mass is 376 g/mol. The number of nitrogens with one attached hydrogen (secondary N) is 2. The Morgan fingerprint density at radius 1 is 1.04 bits per heavy atom. The zero-order chi connectivity index (χ0) is 18.0. The van der Waals surface area contributed by atoms with Gasteiger partial charge in [-0.25, -0.2) is 9.00 Å². The molecule has 4 nitrogen and oxygen atoms in total. The van der Waals surface area contributed by atoms with Gasteiger partial charge < -0.3 is 5.32 Å². The number of hydrogen-bond donors (Lipinski definition) is 2. The van der Waals surface area contributed by atoms with Gasteiger partial charge in [0.15, 0.2) is 0 Å². The number of carbonyl (C=O) groups excluding carboxylic acids is 1. The van der Waals surface area contributed by atoms with Crippen molar-refractivity contribution >= 4 is 38.9 Å². The van der Waals surface area contributed by atoms with Crippen LogP contribution in [0, 0.1) is 0 Å². The normalized spacial score (nSPS) is 13.8. The summed E-state index contributed by atoms with van der Waals surface area (Å²) in [4.78, 5) is 12.1. The second-order valence-corrected chi connectivity index (χ2v) is 7.22. The minimum atomic E-state index is -4.46. The predicted octanol–water partition coefficient (Wildman–Crippen LogP) is 4.17. The SMILES string of the molecule is C=S(=O)(NC(=O)Nc1ccc(C(F)(F)F)cc1)c1ccc(Cl)cc1. The first-order valence-corrected chi connectivity index (χ1v) is 8.57. The van der Waals surface area contributed by atoms with Crippen molar-refractivity contribution in [3.8, 4) is 0 Å². The number of anilines is 1. The number of halogens is 4. The number of carbonyl (C=O) groups is 1. The van der Waals surface area contributed by atoms with Crippen molar-refractivity contribution in [2.75, 3.05) is 5.32 Å². The van der Waals surface area contributed by atoms with Gasteiger partial charge in [-0.3, -0.25) is 4.72 Å². The number of hydrogen-bond acceptors (Lipinski definition) is 2. The van der Waals surface area contributed by atoms with Crippen molar-refractivity contribution < 1.29 is 22.2 Å². The Morgan fingerprint density at radius 2 is 1.58 bits per heavy atom. The highest BCUT2D eigenvalue weighted by molar-refractivity contribution is 7.99. The first-order chi connectivity index (χ1) is 11.1. The number of benzene rings is 2. The fourth-order valence-corrected chi connectivity index (χ4v) is 2.93. The molecule has 2 N–H and O–H groups in total. The maximum atomic E-state index is 12.5. The summed E-state index contributed by atoms with van der Waals surface area (Å²) in [5.74, 6) is 3.46. The van der Waals surface area contributed by atoms with E-state index in [4.69, 9.17) is 11.6 Å². The van der Waals surface area contributed by atoms with Crippen LogP contribution in [0.4, 0.5) is 23.7 Å². The van der Waals surface area contributed by atoms with Gasteiger partial charge in [-0.15, -0.1) is 0 Å². The van der Waals surface area contributed by atoms with E-state index in [1.807, 2.05) is 0 Å². The molecule has 0 fully saturated rings. The molecular formula is C15H12ClF3N2O2S. The van der Waals surface area contributed by atoms with E-state index in [-0.39, 0.29) is 10.6 Å². The molecule has 0 radical (unpaired) electrons. The molecule has 2 aromatic rings. The highest BCUT2D eigenvalue weighted by Gasteiger charge is 2.30. The Kier molecular flexibility index (Phi) is 5.10. The molecule has 0 aromatic heterocycles. The first-order valence-electron chi connectivity index (χ1n) is 6.47. The number of amides is 2. The summed E-state index contributed by atoms with van der Waals surface area (Å²) in [6.45, 7) is 0. The van der Waals surface area contributed by atoms with Crippen LogP contribution >= 0.6 is 11.6 Å². The van der Waals surface area contributed by atoms with Gasteiger partial charge in [0.05, 0.1) is 15.3 Å². The predicted molar refractivity (Wildman–Crippen MR) is 88.6 cm³/mol. The van der Waals surface area contributed by atoms with Gasteiger partial charge in [0, 0.05) is 15.6 Å². The summed E-state index contributed by atoms with van der Waals surface area (Å²) < 4.78 is 52.0. The highest BCUT2D eigenvalue weighted by atomic mass is 35.5. The minimum Gasteiger partial charge on any atom is -0.307 e. The molecule has 0 aliphatic carbocycles. The van der Waals surface area contributed by atoms with E-state index >= 15 is 0 Å². The molecule has 0 saturated carbocycles. The second kappa shape index (κ2) is 6.74. The molecule has 0 aliphatic heterocycles. The Labute approximate surface area is 141 Å². The van der Waals surface area contributed by atoms with E-state index in [0.29, 0.717) is 5.02 Å². The lowest BCUT2D eigenvalue weighted by atomic mass is 10.2. The number of alkyl halides is 3. The maximum Gasteiger partial charge on any atom is 0.416 e. The van der Waals surface area contributed by atoms with Crippen LogP contribution in [-0.2, 0) is 15.9 Å². The van der Waals surface area contributed by atoms with E-state index in [2.05, 4.69) is 15.9 Å². The lowest BCUT2D eigenvalue weighted by molar-refractivity contribution is -0.137. The summed E-state index contributed by atoms with van der Waals surface area (Å²) in [5.41, 5.74) is -0.720. The molecule has 2 amide bonds. The molecular weight excluding hydrogens is 365 g/mol. The van der Waals surface area contributed by atoms with Gasteiger partial charge in [0.25, 0.3) is 0 Å². The third-order valence-electron chi connectivity index (χ3n) is 2.92. The van der Waals surface area contributed by atoms with Crippen molar-refractivity contribution in [1.82, 2.24) is 4.72 Å². The third kappa shape index (κ3) is 4.65.